The Bertz CT molecular complexity index is 901. The fourth-order valence-electron chi connectivity index (χ4n) is 3.21. The lowest BCUT2D eigenvalue weighted by Gasteiger charge is -2.15. The van der Waals surface area contributed by atoms with Gasteiger partial charge in [-0.05, 0) is 20.3 Å². The molecule has 7 heteroatoms. The zero-order chi connectivity index (χ0) is 17.4. The van der Waals surface area contributed by atoms with E-state index in [1.165, 1.54) is 11.3 Å². The van der Waals surface area contributed by atoms with Crippen LogP contribution in [0.4, 0.5) is 0 Å². The van der Waals surface area contributed by atoms with Gasteiger partial charge in [-0.3, -0.25) is 4.79 Å². The van der Waals surface area contributed by atoms with Gasteiger partial charge in [-0.1, -0.05) is 35.5 Å². The second-order valence-electron chi connectivity index (χ2n) is 6.29. The molecule has 0 spiro atoms. The highest BCUT2D eigenvalue weighted by atomic mass is 32.1. The van der Waals surface area contributed by atoms with Crippen molar-refractivity contribution < 1.29 is 4.79 Å². The van der Waals surface area contributed by atoms with E-state index in [0.717, 1.165) is 39.8 Å². The Morgan fingerprint density at radius 3 is 2.76 bits per heavy atom. The van der Waals surface area contributed by atoms with E-state index in [1.807, 2.05) is 60.0 Å². The zero-order valence-electron chi connectivity index (χ0n) is 14.2. The number of aryl methyl sites for hydroxylation is 2. The molecule has 25 heavy (non-hydrogen) atoms. The summed E-state index contributed by atoms with van der Waals surface area (Å²) in [6.45, 7) is 5.23. The minimum Gasteiger partial charge on any atom is -0.336 e. The van der Waals surface area contributed by atoms with Gasteiger partial charge in [-0.25, -0.2) is 9.67 Å². The predicted octanol–water partition coefficient (Wildman–Crippen LogP) is 3.11. The lowest BCUT2D eigenvalue weighted by atomic mass is 10.2. The predicted molar refractivity (Wildman–Crippen MR) is 96.6 cm³/mol. The van der Waals surface area contributed by atoms with Crippen molar-refractivity contribution in [3.05, 3.63) is 52.1 Å². The summed E-state index contributed by atoms with van der Waals surface area (Å²) in [5, 5.41) is 9.49. The van der Waals surface area contributed by atoms with Crippen LogP contribution in [0.15, 0.2) is 36.5 Å². The molecule has 0 saturated carbocycles. The second-order valence-corrected chi connectivity index (χ2v) is 7.49. The van der Waals surface area contributed by atoms with Gasteiger partial charge >= 0.3 is 0 Å². The van der Waals surface area contributed by atoms with Crippen molar-refractivity contribution in [2.24, 2.45) is 0 Å². The van der Waals surface area contributed by atoms with E-state index in [9.17, 15) is 4.79 Å². The number of hydrogen-bond acceptors (Lipinski definition) is 5. The molecule has 1 atom stereocenters. The Labute approximate surface area is 150 Å². The molecule has 2 aromatic heterocycles. The summed E-state index contributed by atoms with van der Waals surface area (Å²) >= 11 is 1.47. The van der Waals surface area contributed by atoms with E-state index in [0.29, 0.717) is 6.54 Å². The summed E-state index contributed by atoms with van der Waals surface area (Å²) in [7, 11) is 0. The Balaban J connectivity index is 1.49. The smallest absolute Gasteiger partial charge is 0.265 e. The fourth-order valence-corrected chi connectivity index (χ4v) is 4.10. The standard InChI is InChI=1S/C18H19N5OS/c1-12-17(25-13(2)19-12)18(24)22-9-8-15(10-22)23-11-16(20-21-23)14-6-4-3-5-7-14/h3-7,11,15H,8-10H2,1-2H3. The van der Waals surface area contributed by atoms with Crippen molar-refractivity contribution in [2.75, 3.05) is 13.1 Å². The number of benzene rings is 1. The summed E-state index contributed by atoms with van der Waals surface area (Å²) in [5.74, 6) is 0.0778. The summed E-state index contributed by atoms with van der Waals surface area (Å²) in [4.78, 5) is 19.7. The first-order valence-electron chi connectivity index (χ1n) is 8.32. The van der Waals surface area contributed by atoms with Crippen LogP contribution in [0.5, 0.6) is 0 Å². The number of nitrogens with zero attached hydrogens (tertiary/aromatic N) is 5. The van der Waals surface area contributed by atoms with E-state index < -0.39 is 0 Å². The Hall–Kier alpha value is -2.54. The van der Waals surface area contributed by atoms with Gasteiger partial charge in [-0.15, -0.1) is 16.4 Å². The number of rotatable bonds is 3. The van der Waals surface area contributed by atoms with Crippen molar-refractivity contribution in [3.8, 4) is 11.3 Å². The normalized spacial score (nSPS) is 17.2. The second kappa shape index (κ2) is 6.40. The van der Waals surface area contributed by atoms with E-state index in [2.05, 4.69) is 15.3 Å². The third-order valence-corrected chi connectivity index (χ3v) is 5.56. The molecule has 4 rings (SSSR count). The van der Waals surface area contributed by atoms with E-state index >= 15 is 0 Å². The Morgan fingerprint density at radius 1 is 1.24 bits per heavy atom. The van der Waals surface area contributed by atoms with Crippen molar-refractivity contribution in [2.45, 2.75) is 26.3 Å². The quantitative estimate of drug-likeness (QED) is 0.726. The van der Waals surface area contributed by atoms with Crippen LogP contribution in [0, 0.1) is 13.8 Å². The van der Waals surface area contributed by atoms with Crippen LogP contribution >= 0.6 is 11.3 Å². The highest BCUT2D eigenvalue weighted by Gasteiger charge is 2.30. The molecule has 1 saturated heterocycles. The molecule has 128 valence electrons. The average Bonchev–Trinajstić information content (AvgIpc) is 3.34. The van der Waals surface area contributed by atoms with Crippen molar-refractivity contribution in [3.63, 3.8) is 0 Å². The highest BCUT2D eigenvalue weighted by molar-refractivity contribution is 7.13. The van der Waals surface area contributed by atoms with Crippen LogP contribution in [0.1, 0.15) is 32.8 Å². The van der Waals surface area contributed by atoms with Crippen LogP contribution in [0.25, 0.3) is 11.3 Å². The molecule has 0 bridgehead atoms. The molecule has 1 aliphatic heterocycles. The van der Waals surface area contributed by atoms with Crippen LogP contribution in [0.3, 0.4) is 0 Å². The molecule has 0 radical (unpaired) electrons. The topological polar surface area (TPSA) is 63.9 Å². The number of amides is 1. The Kier molecular flexibility index (Phi) is 4.09. The van der Waals surface area contributed by atoms with Gasteiger partial charge in [0, 0.05) is 18.7 Å². The lowest BCUT2D eigenvalue weighted by molar-refractivity contribution is 0.0791. The first kappa shape index (κ1) is 16.0. The Morgan fingerprint density at radius 2 is 2.04 bits per heavy atom. The fraction of sp³-hybridized carbons (Fsp3) is 0.333. The number of carbonyl (C=O) groups is 1. The molecule has 1 amide bonds. The van der Waals surface area contributed by atoms with Crippen molar-refractivity contribution >= 4 is 17.2 Å². The highest BCUT2D eigenvalue weighted by Crippen LogP contribution is 2.27. The molecule has 1 aliphatic rings. The van der Waals surface area contributed by atoms with Gasteiger partial charge < -0.3 is 4.90 Å². The third kappa shape index (κ3) is 3.07. The number of thiazole rings is 1. The number of carbonyl (C=O) groups excluding carboxylic acids is 1. The maximum atomic E-state index is 12.7. The monoisotopic (exact) mass is 353 g/mol. The average molecular weight is 353 g/mol. The molecule has 1 unspecified atom stereocenters. The minimum absolute atomic E-state index is 0.0778. The van der Waals surface area contributed by atoms with Gasteiger partial charge in [0.2, 0.25) is 0 Å². The maximum Gasteiger partial charge on any atom is 0.265 e. The summed E-state index contributed by atoms with van der Waals surface area (Å²) in [6.07, 6.45) is 2.86. The van der Waals surface area contributed by atoms with Gasteiger partial charge in [0.1, 0.15) is 10.6 Å². The molecule has 0 N–H and O–H groups in total. The molecule has 1 fully saturated rings. The SMILES string of the molecule is Cc1nc(C)c(C(=O)N2CCC(n3cc(-c4ccccc4)nn3)C2)s1. The number of likely N-dealkylation sites (tertiary alicyclic amines) is 1. The lowest BCUT2D eigenvalue weighted by Crippen LogP contribution is -2.29. The summed E-state index contributed by atoms with van der Waals surface area (Å²) in [6, 6.07) is 10.2. The van der Waals surface area contributed by atoms with Crippen molar-refractivity contribution in [1.29, 1.82) is 0 Å². The van der Waals surface area contributed by atoms with Gasteiger partial charge in [0.05, 0.1) is 22.9 Å². The van der Waals surface area contributed by atoms with Crippen LogP contribution in [-0.2, 0) is 0 Å². The van der Waals surface area contributed by atoms with Crippen LogP contribution < -0.4 is 0 Å². The molecular weight excluding hydrogens is 334 g/mol. The summed E-state index contributed by atoms with van der Waals surface area (Å²) in [5.41, 5.74) is 2.73. The number of aromatic nitrogens is 4. The zero-order valence-corrected chi connectivity index (χ0v) is 15.0. The molecule has 6 nitrogen and oxygen atoms in total. The van der Waals surface area contributed by atoms with Crippen LogP contribution in [-0.4, -0.2) is 43.9 Å². The van der Waals surface area contributed by atoms with Crippen LogP contribution in [0.2, 0.25) is 0 Å². The van der Waals surface area contributed by atoms with E-state index in [-0.39, 0.29) is 11.9 Å². The molecule has 0 aliphatic carbocycles. The third-order valence-electron chi connectivity index (χ3n) is 4.50. The van der Waals surface area contributed by atoms with E-state index in [1.54, 1.807) is 0 Å². The first-order valence-corrected chi connectivity index (χ1v) is 9.14. The molecular formula is C18H19N5OS. The molecule has 1 aromatic carbocycles. The molecule has 3 heterocycles. The van der Waals surface area contributed by atoms with Gasteiger partial charge in [0.15, 0.2) is 0 Å². The van der Waals surface area contributed by atoms with Gasteiger partial charge in [-0.2, -0.15) is 0 Å². The van der Waals surface area contributed by atoms with Crippen molar-refractivity contribution in [1.82, 2.24) is 24.9 Å². The summed E-state index contributed by atoms with van der Waals surface area (Å²) < 4.78 is 1.89. The minimum atomic E-state index is 0.0778. The largest absolute Gasteiger partial charge is 0.336 e. The first-order chi connectivity index (χ1) is 12.1. The molecule has 3 aromatic rings. The van der Waals surface area contributed by atoms with E-state index in [4.69, 9.17) is 0 Å². The number of hydrogen-bond donors (Lipinski definition) is 0. The van der Waals surface area contributed by atoms with Gasteiger partial charge in [0.25, 0.3) is 5.91 Å². The maximum absolute atomic E-state index is 12.7.